The Kier molecular flexibility index (Phi) is 7.50. The van der Waals surface area contributed by atoms with E-state index in [9.17, 15) is 9.59 Å². The Labute approximate surface area is 193 Å². The minimum Gasteiger partial charge on any atom is -0.497 e. The third kappa shape index (κ3) is 6.96. The summed E-state index contributed by atoms with van der Waals surface area (Å²) < 4.78 is 16.0. The summed E-state index contributed by atoms with van der Waals surface area (Å²) in [6, 6.07) is 17.4. The second-order valence-electron chi connectivity index (χ2n) is 8.12. The largest absolute Gasteiger partial charge is 0.497 e. The number of rotatable bonds is 6. The third-order valence-electron chi connectivity index (χ3n) is 4.37. The molecule has 0 spiro atoms. The molecule has 3 aromatic rings. The van der Waals surface area contributed by atoms with Crippen LogP contribution in [0.1, 0.15) is 26.3 Å². The van der Waals surface area contributed by atoms with Crippen LogP contribution in [0.25, 0.3) is 0 Å². The third-order valence-corrected chi connectivity index (χ3v) is 4.37. The lowest BCUT2D eigenvalue weighted by molar-refractivity contribution is 0.0599. The van der Waals surface area contributed by atoms with E-state index in [1.807, 2.05) is 6.07 Å². The van der Waals surface area contributed by atoms with Crippen LogP contribution < -0.4 is 15.0 Å². The van der Waals surface area contributed by atoms with E-state index in [4.69, 9.17) is 14.2 Å². The number of amides is 2. The molecule has 0 radical (unpaired) electrons. The highest BCUT2D eigenvalue weighted by molar-refractivity contribution is 5.96. The quantitative estimate of drug-likeness (QED) is 0.503. The fraction of sp³-hybridized carbons (Fsp3) is 0.240. The van der Waals surface area contributed by atoms with Crippen LogP contribution in [0.3, 0.4) is 0 Å². The van der Waals surface area contributed by atoms with E-state index in [1.165, 1.54) is 4.90 Å². The summed E-state index contributed by atoms with van der Waals surface area (Å²) in [5, 5.41) is 2.67. The molecule has 0 unspecified atom stereocenters. The monoisotopic (exact) mass is 449 g/mol. The summed E-state index contributed by atoms with van der Waals surface area (Å²) in [7, 11) is 1.58. The number of carbonyl (C=O) groups excluding carboxylic acids is 2. The Morgan fingerprint density at radius 2 is 1.61 bits per heavy atom. The first-order chi connectivity index (χ1) is 15.7. The van der Waals surface area contributed by atoms with Gasteiger partial charge in [-0.25, -0.2) is 14.5 Å². The predicted molar refractivity (Wildman–Crippen MR) is 126 cm³/mol. The molecule has 8 nitrogen and oxygen atoms in total. The van der Waals surface area contributed by atoms with Gasteiger partial charge in [0.15, 0.2) is 0 Å². The number of ether oxygens (including phenoxy) is 3. The Balaban J connectivity index is 1.74. The van der Waals surface area contributed by atoms with Crippen molar-refractivity contribution in [2.24, 2.45) is 0 Å². The molecule has 0 atom stereocenters. The summed E-state index contributed by atoms with van der Waals surface area (Å²) in [6.45, 7) is 5.53. The van der Waals surface area contributed by atoms with Gasteiger partial charge in [-0.3, -0.25) is 10.3 Å². The van der Waals surface area contributed by atoms with Crippen LogP contribution in [0.2, 0.25) is 0 Å². The van der Waals surface area contributed by atoms with Gasteiger partial charge in [0.1, 0.15) is 18.0 Å². The van der Waals surface area contributed by atoms with Gasteiger partial charge in [0, 0.05) is 23.6 Å². The molecule has 0 aliphatic heterocycles. The maximum absolute atomic E-state index is 13.0. The molecule has 0 saturated carbocycles. The van der Waals surface area contributed by atoms with Crippen LogP contribution in [-0.4, -0.2) is 29.9 Å². The molecule has 3 rings (SSSR count). The van der Waals surface area contributed by atoms with E-state index in [1.54, 1.807) is 94.9 Å². The molecule has 2 amide bonds. The predicted octanol–water partition coefficient (Wildman–Crippen LogP) is 5.91. The van der Waals surface area contributed by atoms with E-state index >= 15 is 0 Å². The Morgan fingerprint density at radius 1 is 0.970 bits per heavy atom. The molecule has 172 valence electrons. The molecule has 1 N–H and O–H groups in total. The van der Waals surface area contributed by atoms with Crippen molar-refractivity contribution in [2.75, 3.05) is 17.3 Å². The standard InChI is InChI=1S/C25H27N3O5/c1-25(2,3)33-24(30)28(21-11-13-22(31-4)14-12-21)20-9-7-19(8-10-20)27-23(29)32-17-18-6-5-15-26-16-18/h5-16H,17H2,1-4H3,(H,27,29). The van der Waals surface area contributed by atoms with Crippen molar-refractivity contribution in [1.82, 2.24) is 4.98 Å². The van der Waals surface area contributed by atoms with Crippen LogP contribution in [0.5, 0.6) is 5.75 Å². The summed E-state index contributed by atoms with van der Waals surface area (Å²) in [5.41, 5.74) is 1.83. The van der Waals surface area contributed by atoms with Gasteiger partial charge < -0.3 is 14.2 Å². The molecule has 1 aromatic heterocycles. The SMILES string of the molecule is COc1ccc(N(C(=O)OC(C)(C)C)c2ccc(NC(=O)OCc3cccnc3)cc2)cc1. The minimum atomic E-state index is -0.665. The lowest BCUT2D eigenvalue weighted by atomic mass is 10.2. The number of aromatic nitrogens is 1. The van der Waals surface area contributed by atoms with Crippen LogP contribution in [0.15, 0.2) is 73.1 Å². The second kappa shape index (κ2) is 10.5. The first-order valence-corrected chi connectivity index (χ1v) is 10.3. The maximum Gasteiger partial charge on any atom is 0.419 e. The first kappa shape index (κ1) is 23.6. The van der Waals surface area contributed by atoms with Gasteiger partial charge in [0.2, 0.25) is 0 Å². The zero-order valence-electron chi connectivity index (χ0n) is 19.1. The van der Waals surface area contributed by atoms with Crippen molar-refractivity contribution in [3.63, 3.8) is 0 Å². The molecule has 33 heavy (non-hydrogen) atoms. The van der Waals surface area contributed by atoms with E-state index < -0.39 is 17.8 Å². The smallest absolute Gasteiger partial charge is 0.419 e. The number of pyridine rings is 1. The molecule has 2 aromatic carbocycles. The average molecular weight is 450 g/mol. The van der Waals surface area contributed by atoms with E-state index in [0.717, 1.165) is 5.56 Å². The highest BCUT2D eigenvalue weighted by Gasteiger charge is 2.25. The topological polar surface area (TPSA) is 90.0 Å². The van der Waals surface area contributed by atoms with Gasteiger partial charge >= 0.3 is 12.2 Å². The summed E-state index contributed by atoms with van der Waals surface area (Å²) in [4.78, 5) is 30.5. The van der Waals surface area contributed by atoms with Crippen LogP contribution in [0.4, 0.5) is 26.7 Å². The highest BCUT2D eigenvalue weighted by atomic mass is 16.6. The van der Waals surface area contributed by atoms with Crippen molar-refractivity contribution in [3.8, 4) is 5.75 Å². The van der Waals surface area contributed by atoms with Gasteiger partial charge in [0.05, 0.1) is 18.5 Å². The van der Waals surface area contributed by atoms with Crippen LogP contribution in [0, 0.1) is 0 Å². The van der Waals surface area contributed by atoms with Crippen molar-refractivity contribution >= 4 is 29.2 Å². The number of methoxy groups -OCH3 is 1. The van der Waals surface area contributed by atoms with E-state index in [2.05, 4.69) is 10.3 Å². The van der Waals surface area contributed by atoms with Gasteiger partial charge in [-0.1, -0.05) is 6.07 Å². The van der Waals surface area contributed by atoms with E-state index in [0.29, 0.717) is 22.8 Å². The molecular weight excluding hydrogens is 422 g/mol. The lowest BCUT2D eigenvalue weighted by Gasteiger charge is -2.27. The first-order valence-electron chi connectivity index (χ1n) is 10.3. The van der Waals surface area contributed by atoms with Crippen molar-refractivity contribution in [3.05, 3.63) is 78.6 Å². The molecular formula is C25H27N3O5. The van der Waals surface area contributed by atoms with Gasteiger partial charge in [-0.15, -0.1) is 0 Å². The Morgan fingerprint density at radius 3 is 2.15 bits per heavy atom. The normalized spacial score (nSPS) is 10.8. The number of nitrogens with one attached hydrogen (secondary N) is 1. The molecule has 1 heterocycles. The number of nitrogens with zero attached hydrogens (tertiary/aromatic N) is 2. The number of hydrogen-bond acceptors (Lipinski definition) is 6. The number of hydrogen-bond donors (Lipinski definition) is 1. The van der Waals surface area contributed by atoms with E-state index in [-0.39, 0.29) is 6.61 Å². The summed E-state index contributed by atoms with van der Waals surface area (Å²) >= 11 is 0. The van der Waals surface area contributed by atoms with Crippen LogP contribution >= 0.6 is 0 Å². The molecule has 0 aliphatic carbocycles. The van der Waals surface area contributed by atoms with Gasteiger partial charge in [0.25, 0.3) is 0 Å². The zero-order chi connectivity index (χ0) is 23.8. The number of carbonyl (C=O) groups is 2. The average Bonchev–Trinajstić information content (AvgIpc) is 2.79. The summed E-state index contributed by atoms with van der Waals surface area (Å²) in [6.07, 6.45) is 2.17. The molecule has 0 aliphatic rings. The zero-order valence-corrected chi connectivity index (χ0v) is 19.1. The highest BCUT2D eigenvalue weighted by Crippen LogP contribution is 2.30. The molecule has 8 heteroatoms. The Bertz CT molecular complexity index is 1060. The lowest BCUT2D eigenvalue weighted by Crippen LogP contribution is -2.33. The Hall–Kier alpha value is -4.07. The van der Waals surface area contributed by atoms with Gasteiger partial charge in [-0.2, -0.15) is 0 Å². The number of benzene rings is 2. The fourth-order valence-corrected chi connectivity index (χ4v) is 2.88. The molecule has 0 saturated heterocycles. The van der Waals surface area contributed by atoms with Gasteiger partial charge in [-0.05, 0) is 75.4 Å². The van der Waals surface area contributed by atoms with Crippen molar-refractivity contribution in [2.45, 2.75) is 33.0 Å². The fourth-order valence-electron chi connectivity index (χ4n) is 2.88. The maximum atomic E-state index is 13.0. The van der Waals surface area contributed by atoms with Crippen LogP contribution in [-0.2, 0) is 16.1 Å². The van der Waals surface area contributed by atoms with Crippen molar-refractivity contribution < 1.29 is 23.8 Å². The van der Waals surface area contributed by atoms with Crippen molar-refractivity contribution in [1.29, 1.82) is 0 Å². The number of anilines is 3. The minimum absolute atomic E-state index is 0.113. The molecule has 0 bridgehead atoms. The summed E-state index contributed by atoms with van der Waals surface area (Å²) in [5.74, 6) is 0.673. The second-order valence-corrected chi connectivity index (χ2v) is 8.12. The molecule has 0 fully saturated rings.